The first-order valence-electron chi connectivity index (χ1n) is 7.03. The van der Waals surface area contributed by atoms with E-state index in [4.69, 9.17) is 0 Å². The molecule has 0 aromatic carbocycles. The number of hydrogen-bond donors (Lipinski definition) is 1. The molecule has 2 rings (SSSR count). The fourth-order valence-corrected chi connectivity index (χ4v) is 2.98. The molecule has 0 saturated carbocycles. The Balaban J connectivity index is 1.78. The Kier molecular flexibility index (Phi) is 6.05. The lowest BCUT2D eigenvalue weighted by molar-refractivity contribution is 0.462. The summed E-state index contributed by atoms with van der Waals surface area (Å²) < 4.78 is 0. The van der Waals surface area contributed by atoms with Crippen molar-refractivity contribution in [3.8, 4) is 0 Å². The molecule has 0 spiro atoms. The maximum Gasteiger partial charge on any atom is 0.0404 e. The van der Waals surface area contributed by atoms with E-state index in [1.807, 2.05) is 12.3 Å². The normalized spacial score (nSPS) is 12.5. The molecule has 102 valence electrons. The molecule has 2 nitrogen and oxygen atoms in total. The van der Waals surface area contributed by atoms with Gasteiger partial charge in [0.05, 0.1) is 0 Å². The van der Waals surface area contributed by atoms with Crippen molar-refractivity contribution in [1.82, 2.24) is 10.3 Å². The van der Waals surface area contributed by atoms with Crippen LogP contribution in [0.4, 0.5) is 0 Å². The van der Waals surface area contributed by atoms with Crippen molar-refractivity contribution in [1.29, 1.82) is 0 Å². The van der Waals surface area contributed by atoms with E-state index in [0.29, 0.717) is 6.04 Å². The van der Waals surface area contributed by atoms with Gasteiger partial charge in [0.25, 0.3) is 0 Å². The molecule has 2 heterocycles. The summed E-state index contributed by atoms with van der Waals surface area (Å²) in [4.78, 5) is 4.39. The van der Waals surface area contributed by atoms with Crippen LogP contribution in [0.25, 0.3) is 0 Å². The third-order valence-corrected chi connectivity index (χ3v) is 4.06. The Morgan fingerprint density at radius 3 is 2.79 bits per heavy atom. The smallest absolute Gasteiger partial charge is 0.0404 e. The minimum atomic E-state index is 0.590. The van der Waals surface area contributed by atoms with Gasteiger partial charge in [-0.15, -0.1) is 0 Å². The second kappa shape index (κ2) is 8.08. The first-order valence-corrected chi connectivity index (χ1v) is 7.97. The van der Waals surface area contributed by atoms with Crippen LogP contribution >= 0.6 is 11.3 Å². The van der Waals surface area contributed by atoms with Crippen molar-refractivity contribution < 1.29 is 0 Å². The Morgan fingerprint density at radius 1 is 1.21 bits per heavy atom. The van der Waals surface area contributed by atoms with E-state index in [9.17, 15) is 0 Å². The molecule has 19 heavy (non-hydrogen) atoms. The van der Waals surface area contributed by atoms with E-state index < -0.39 is 0 Å². The summed E-state index contributed by atoms with van der Waals surface area (Å²) in [5.74, 6) is 0. The van der Waals surface area contributed by atoms with Crippen LogP contribution in [0.1, 0.15) is 31.0 Å². The van der Waals surface area contributed by atoms with Gasteiger partial charge in [-0.1, -0.05) is 13.0 Å². The molecule has 0 fully saturated rings. The number of pyridine rings is 1. The van der Waals surface area contributed by atoms with Gasteiger partial charge >= 0.3 is 0 Å². The van der Waals surface area contributed by atoms with Gasteiger partial charge in [-0.25, -0.2) is 0 Å². The summed E-state index contributed by atoms with van der Waals surface area (Å²) in [6.07, 6.45) is 6.47. The summed E-state index contributed by atoms with van der Waals surface area (Å²) in [5, 5.41) is 8.00. The molecule has 0 aliphatic heterocycles. The van der Waals surface area contributed by atoms with Gasteiger partial charge in [-0.3, -0.25) is 4.98 Å². The number of nitrogens with one attached hydrogen (secondary N) is 1. The second-order valence-electron chi connectivity index (χ2n) is 4.78. The fourth-order valence-electron chi connectivity index (χ4n) is 2.28. The zero-order valence-electron chi connectivity index (χ0n) is 11.5. The molecule has 2 aromatic rings. The lowest BCUT2D eigenvalue weighted by Crippen LogP contribution is -2.30. The van der Waals surface area contributed by atoms with E-state index in [2.05, 4.69) is 46.2 Å². The van der Waals surface area contributed by atoms with Crippen LogP contribution in [0.5, 0.6) is 0 Å². The first kappa shape index (κ1) is 14.2. The van der Waals surface area contributed by atoms with Crippen molar-refractivity contribution in [2.24, 2.45) is 0 Å². The number of rotatable bonds is 8. The average Bonchev–Trinajstić information content (AvgIpc) is 2.96. The number of hydrogen-bond acceptors (Lipinski definition) is 3. The van der Waals surface area contributed by atoms with E-state index >= 15 is 0 Å². The number of aromatic nitrogens is 1. The highest BCUT2D eigenvalue weighted by atomic mass is 32.1. The standard InChI is InChI=1S/C16H22N2S/c1-2-17-16(7-6-14-10-12-19-13-14)9-8-15-5-3-4-11-18-15/h3-5,10-13,16-17H,2,6-9H2,1H3. The molecular weight excluding hydrogens is 252 g/mol. The minimum Gasteiger partial charge on any atom is -0.314 e. The van der Waals surface area contributed by atoms with Crippen LogP contribution < -0.4 is 5.32 Å². The Bertz CT molecular complexity index is 439. The molecule has 0 aliphatic carbocycles. The zero-order chi connectivity index (χ0) is 13.3. The van der Waals surface area contributed by atoms with E-state index in [-0.39, 0.29) is 0 Å². The maximum atomic E-state index is 4.39. The zero-order valence-corrected chi connectivity index (χ0v) is 12.3. The summed E-state index contributed by atoms with van der Waals surface area (Å²) >= 11 is 1.78. The average molecular weight is 274 g/mol. The van der Waals surface area contributed by atoms with E-state index in [1.54, 1.807) is 11.3 Å². The van der Waals surface area contributed by atoms with Crippen molar-refractivity contribution in [2.75, 3.05) is 6.54 Å². The van der Waals surface area contributed by atoms with Crippen molar-refractivity contribution in [3.63, 3.8) is 0 Å². The maximum absolute atomic E-state index is 4.39. The number of nitrogens with zero attached hydrogens (tertiary/aromatic N) is 1. The molecular formula is C16H22N2S. The first-order chi connectivity index (χ1) is 9.38. The molecule has 1 N–H and O–H groups in total. The molecule has 2 aromatic heterocycles. The Labute approximate surface area is 119 Å². The minimum absolute atomic E-state index is 0.590. The summed E-state index contributed by atoms with van der Waals surface area (Å²) in [6.45, 7) is 3.22. The number of thiophene rings is 1. The van der Waals surface area contributed by atoms with E-state index in [1.165, 1.54) is 24.1 Å². The highest BCUT2D eigenvalue weighted by Crippen LogP contribution is 2.12. The van der Waals surface area contributed by atoms with Crippen molar-refractivity contribution in [3.05, 3.63) is 52.5 Å². The molecule has 0 radical (unpaired) electrons. The molecule has 1 atom stereocenters. The van der Waals surface area contributed by atoms with Crippen LogP contribution in [0.15, 0.2) is 41.2 Å². The topological polar surface area (TPSA) is 24.9 Å². The third kappa shape index (κ3) is 5.13. The molecule has 1 unspecified atom stereocenters. The Morgan fingerprint density at radius 2 is 2.11 bits per heavy atom. The van der Waals surface area contributed by atoms with Gasteiger partial charge < -0.3 is 5.32 Å². The van der Waals surface area contributed by atoms with Gasteiger partial charge in [-0.2, -0.15) is 11.3 Å². The lowest BCUT2D eigenvalue weighted by Gasteiger charge is -2.17. The SMILES string of the molecule is CCNC(CCc1ccsc1)CCc1ccccn1. The second-order valence-corrected chi connectivity index (χ2v) is 5.56. The fraction of sp³-hybridized carbons (Fsp3) is 0.438. The van der Waals surface area contributed by atoms with Gasteiger partial charge in [0, 0.05) is 17.9 Å². The monoisotopic (exact) mass is 274 g/mol. The highest BCUT2D eigenvalue weighted by molar-refractivity contribution is 7.07. The van der Waals surface area contributed by atoms with Gasteiger partial charge in [0.2, 0.25) is 0 Å². The Hall–Kier alpha value is -1.19. The predicted octanol–water partition coefficient (Wildman–Crippen LogP) is 3.69. The number of aryl methyl sites for hydroxylation is 2. The molecule has 3 heteroatoms. The summed E-state index contributed by atoms with van der Waals surface area (Å²) in [6, 6.07) is 8.97. The molecule has 0 aliphatic rings. The highest BCUT2D eigenvalue weighted by Gasteiger charge is 2.08. The van der Waals surface area contributed by atoms with Gasteiger partial charge in [0.1, 0.15) is 0 Å². The largest absolute Gasteiger partial charge is 0.314 e. The molecule has 0 bridgehead atoms. The lowest BCUT2D eigenvalue weighted by atomic mass is 10.0. The summed E-state index contributed by atoms with van der Waals surface area (Å²) in [7, 11) is 0. The van der Waals surface area contributed by atoms with Gasteiger partial charge in [0.15, 0.2) is 0 Å². The summed E-state index contributed by atoms with van der Waals surface area (Å²) in [5.41, 5.74) is 2.66. The predicted molar refractivity (Wildman–Crippen MR) is 82.7 cm³/mol. The van der Waals surface area contributed by atoms with E-state index in [0.717, 1.165) is 19.4 Å². The third-order valence-electron chi connectivity index (χ3n) is 3.33. The van der Waals surface area contributed by atoms with Crippen molar-refractivity contribution >= 4 is 11.3 Å². The van der Waals surface area contributed by atoms with Crippen LogP contribution in [-0.4, -0.2) is 17.6 Å². The van der Waals surface area contributed by atoms with Crippen molar-refractivity contribution in [2.45, 2.75) is 38.6 Å². The van der Waals surface area contributed by atoms with Crippen LogP contribution in [-0.2, 0) is 12.8 Å². The van der Waals surface area contributed by atoms with Crippen LogP contribution in [0, 0.1) is 0 Å². The molecule has 0 amide bonds. The molecule has 0 saturated heterocycles. The van der Waals surface area contributed by atoms with Crippen LogP contribution in [0.2, 0.25) is 0 Å². The van der Waals surface area contributed by atoms with Gasteiger partial charge in [-0.05, 0) is 66.8 Å². The van der Waals surface area contributed by atoms with Crippen LogP contribution in [0.3, 0.4) is 0 Å². The quantitative estimate of drug-likeness (QED) is 0.794.